The number of hydrogen-bond acceptors (Lipinski definition) is 3. The summed E-state index contributed by atoms with van der Waals surface area (Å²) in [7, 11) is 1.58. The minimum Gasteiger partial charge on any atom is -0.480 e. The van der Waals surface area contributed by atoms with Crippen molar-refractivity contribution in [3.63, 3.8) is 0 Å². The minimum absolute atomic E-state index is 0.139. The Bertz CT molecular complexity index is 353. The Kier molecular flexibility index (Phi) is 5.80. The molecule has 1 aliphatic rings. The van der Waals surface area contributed by atoms with Crippen LogP contribution >= 0.6 is 0 Å². The molecule has 0 aromatic heterocycles. The van der Waals surface area contributed by atoms with Crippen molar-refractivity contribution in [1.82, 2.24) is 10.2 Å². The van der Waals surface area contributed by atoms with Crippen LogP contribution in [0, 0.1) is 5.92 Å². The average molecular weight is 286 g/mol. The molecule has 1 aliphatic carbocycles. The van der Waals surface area contributed by atoms with Gasteiger partial charge in [-0.3, -0.25) is 0 Å². The maximum atomic E-state index is 12.0. The molecule has 0 heterocycles. The lowest BCUT2D eigenvalue weighted by Gasteiger charge is -2.30. The van der Waals surface area contributed by atoms with E-state index >= 15 is 0 Å². The summed E-state index contributed by atoms with van der Waals surface area (Å²) >= 11 is 0. The number of carbonyl (C=O) groups is 2. The SMILES string of the molecule is CCC(C)[C@H](NC(=O)N(C)CC1(O)CCCC1)C(=O)O. The van der Waals surface area contributed by atoms with Crippen LogP contribution in [0.4, 0.5) is 4.79 Å². The number of urea groups is 1. The Morgan fingerprint density at radius 2 is 1.90 bits per heavy atom. The molecule has 0 saturated heterocycles. The molecule has 1 unspecified atom stereocenters. The summed E-state index contributed by atoms with van der Waals surface area (Å²) in [5, 5.41) is 22.0. The number of carbonyl (C=O) groups excluding carboxylic acids is 1. The van der Waals surface area contributed by atoms with E-state index in [2.05, 4.69) is 5.32 Å². The topological polar surface area (TPSA) is 89.9 Å². The normalized spacial score (nSPS) is 20.2. The molecule has 6 heteroatoms. The number of carboxylic acids is 1. The zero-order valence-corrected chi connectivity index (χ0v) is 12.6. The van der Waals surface area contributed by atoms with Crippen molar-refractivity contribution in [3.8, 4) is 0 Å². The second-order valence-electron chi connectivity index (χ2n) is 5.94. The highest BCUT2D eigenvalue weighted by Gasteiger charge is 2.34. The van der Waals surface area contributed by atoms with Crippen molar-refractivity contribution in [1.29, 1.82) is 0 Å². The maximum absolute atomic E-state index is 12.0. The number of aliphatic hydroxyl groups is 1. The molecule has 116 valence electrons. The maximum Gasteiger partial charge on any atom is 0.326 e. The van der Waals surface area contributed by atoms with Crippen LogP contribution in [-0.4, -0.2) is 52.3 Å². The Morgan fingerprint density at radius 1 is 1.35 bits per heavy atom. The molecule has 1 rings (SSSR count). The number of hydrogen-bond donors (Lipinski definition) is 3. The van der Waals surface area contributed by atoms with Gasteiger partial charge in [-0.25, -0.2) is 9.59 Å². The fourth-order valence-electron chi connectivity index (χ4n) is 2.63. The van der Waals surface area contributed by atoms with Crippen molar-refractivity contribution in [2.45, 2.75) is 57.6 Å². The van der Waals surface area contributed by atoms with Gasteiger partial charge in [-0.2, -0.15) is 0 Å². The predicted molar refractivity (Wildman–Crippen MR) is 75.5 cm³/mol. The number of likely N-dealkylation sites (N-methyl/N-ethyl adjacent to an activating group) is 1. The summed E-state index contributed by atoms with van der Waals surface area (Å²) in [4.78, 5) is 24.6. The van der Waals surface area contributed by atoms with E-state index in [1.807, 2.05) is 6.92 Å². The van der Waals surface area contributed by atoms with Crippen LogP contribution in [0.25, 0.3) is 0 Å². The first-order valence-electron chi connectivity index (χ1n) is 7.26. The second-order valence-corrected chi connectivity index (χ2v) is 5.94. The van der Waals surface area contributed by atoms with Crippen molar-refractivity contribution < 1.29 is 19.8 Å². The van der Waals surface area contributed by atoms with Gasteiger partial charge in [0, 0.05) is 7.05 Å². The fraction of sp³-hybridized carbons (Fsp3) is 0.857. The van der Waals surface area contributed by atoms with Crippen LogP contribution in [0.15, 0.2) is 0 Å². The number of nitrogens with one attached hydrogen (secondary N) is 1. The summed E-state index contributed by atoms with van der Waals surface area (Å²) < 4.78 is 0. The molecular formula is C14H26N2O4. The highest BCUT2D eigenvalue weighted by molar-refractivity contribution is 5.82. The van der Waals surface area contributed by atoms with Crippen LogP contribution in [0.3, 0.4) is 0 Å². The molecule has 0 bridgehead atoms. The van der Waals surface area contributed by atoms with Crippen molar-refractivity contribution in [2.75, 3.05) is 13.6 Å². The Hall–Kier alpha value is -1.30. The van der Waals surface area contributed by atoms with Crippen molar-refractivity contribution in [3.05, 3.63) is 0 Å². The summed E-state index contributed by atoms with van der Waals surface area (Å²) in [6.07, 6.45) is 3.99. The third-order valence-corrected chi connectivity index (χ3v) is 4.17. The average Bonchev–Trinajstić information content (AvgIpc) is 2.80. The van der Waals surface area contributed by atoms with Crippen LogP contribution < -0.4 is 5.32 Å². The van der Waals surface area contributed by atoms with Gasteiger partial charge >= 0.3 is 12.0 Å². The zero-order valence-electron chi connectivity index (χ0n) is 12.6. The highest BCUT2D eigenvalue weighted by atomic mass is 16.4. The first kappa shape index (κ1) is 16.8. The van der Waals surface area contributed by atoms with Crippen molar-refractivity contribution in [2.24, 2.45) is 5.92 Å². The van der Waals surface area contributed by atoms with Gasteiger partial charge in [0.15, 0.2) is 0 Å². The summed E-state index contributed by atoms with van der Waals surface area (Å²) in [5.41, 5.74) is -0.818. The number of nitrogens with zero attached hydrogens (tertiary/aromatic N) is 1. The molecule has 1 fully saturated rings. The Labute approximate surface area is 120 Å². The van der Waals surface area contributed by atoms with E-state index in [9.17, 15) is 14.7 Å². The lowest BCUT2D eigenvalue weighted by Crippen LogP contribution is -2.52. The smallest absolute Gasteiger partial charge is 0.326 e. The lowest BCUT2D eigenvalue weighted by molar-refractivity contribution is -0.140. The molecule has 0 spiro atoms. The van der Waals surface area contributed by atoms with E-state index in [1.54, 1.807) is 14.0 Å². The minimum atomic E-state index is -1.03. The first-order valence-corrected chi connectivity index (χ1v) is 7.26. The summed E-state index contributed by atoms with van der Waals surface area (Å²) in [5.74, 6) is -1.17. The first-order chi connectivity index (χ1) is 9.29. The molecule has 1 saturated carbocycles. The van der Waals surface area contributed by atoms with E-state index in [1.165, 1.54) is 4.90 Å². The van der Waals surface area contributed by atoms with Gasteiger partial charge in [-0.15, -0.1) is 0 Å². The molecule has 2 atom stereocenters. The van der Waals surface area contributed by atoms with Gasteiger partial charge in [0.1, 0.15) is 6.04 Å². The zero-order chi connectivity index (χ0) is 15.3. The molecule has 2 amide bonds. The third kappa shape index (κ3) is 4.37. The van der Waals surface area contributed by atoms with Crippen LogP contribution in [0.5, 0.6) is 0 Å². The molecular weight excluding hydrogens is 260 g/mol. The predicted octanol–water partition coefficient (Wildman–Crippen LogP) is 1.43. The van der Waals surface area contributed by atoms with E-state index < -0.39 is 23.6 Å². The second kappa shape index (κ2) is 6.92. The van der Waals surface area contributed by atoms with E-state index in [0.29, 0.717) is 19.3 Å². The fourth-order valence-corrected chi connectivity index (χ4v) is 2.63. The number of aliphatic carboxylic acids is 1. The molecule has 0 radical (unpaired) electrons. The molecule has 3 N–H and O–H groups in total. The third-order valence-electron chi connectivity index (χ3n) is 4.17. The van der Waals surface area contributed by atoms with Crippen molar-refractivity contribution >= 4 is 12.0 Å². The number of amides is 2. The Balaban J connectivity index is 2.57. The van der Waals surface area contributed by atoms with Crippen LogP contribution in [0.2, 0.25) is 0 Å². The van der Waals surface area contributed by atoms with Gasteiger partial charge in [-0.1, -0.05) is 33.1 Å². The molecule has 0 aromatic rings. The van der Waals surface area contributed by atoms with Gasteiger partial charge in [0.25, 0.3) is 0 Å². The van der Waals surface area contributed by atoms with Crippen LogP contribution in [0.1, 0.15) is 46.0 Å². The van der Waals surface area contributed by atoms with Gasteiger partial charge in [0.2, 0.25) is 0 Å². The standard InChI is InChI=1S/C14H26N2O4/c1-4-10(2)11(12(17)18)15-13(19)16(3)9-14(20)7-5-6-8-14/h10-11,20H,4-9H2,1-3H3,(H,15,19)(H,17,18)/t10?,11-/m0/s1. The van der Waals surface area contributed by atoms with Gasteiger partial charge in [0.05, 0.1) is 12.1 Å². The molecule has 6 nitrogen and oxygen atoms in total. The van der Waals surface area contributed by atoms with Crippen LogP contribution in [-0.2, 0) is 4.79 Å². The highest BCUT2D eigenvalue weighted by Crippen LogP contribution is 2.29. The number of rotatable bonds is 6. The molecule has 20 heavy (non-hydrogen) atoms. The van der Waals surface area contributed by atoms with Gasteiger partial charge < -0.3 is 20.4 Å². The Morgan fingerprint density at radius 3 is 2.35 bits per heavy atom. The summed E-state index contributed by atoms with van der Waals surface area (Å²) in [6.45, 7) is 3.92. The van der Waals surface area contributed by atoms with E-state index in [-0.39, 0.29) is 12.5 Å². The monoisotopic (exact) mass is 286 g/mol. The largest absolute Gasteiger partial charge is 0.480 e. The quantitative estimate of drug-likeness (QED) is 0.689. The molecule has 0 aromatic carbocycles. The number of carboxylic acid groups (broad SMARTS) is 1. The molecule has 0 aliphatic heterocycles. The van der Waals surface area contributed by atoms with Gasteiger partial charge in [-0.05, 0) is 18.8 Å². The summed E-state index contributed by atoms with van der Waals surface area (Å²) in [6, 6.07) is -1.34. The van der Waals surface area contributed by atoms with E-state index in [4.69, 9.17) is 5.11 Å². The lowest BCUT2D eigenvalue weighted by atomic mass is 9.99. The van der Waals surface area contributed by atoms with E-state index in [0.717, 1.165) is 12.8 Å².